The summed E-state index contributed by atoms with van der Waals surface area (Å²) in [6.45, 7) is 3.10. The Hall–Kier alpha value is -3.32. The molecule has 2 aromatic carbocycles. The molecule has 5 nitrogen and oxygen atoms in total. The van der Waals surface area contributed by atoms with Crippen LogP contribution < -0.4 is 4.90 Å². The van der Waals surface area contributed by atoms with E-state index in [-0.39, 0.29) is 23.6 Å². The minimum Gasteiger partial charge on any atom is -0.469 e. The highest BCUT2D eigenvalue weighted by molar-refractivity contribution is 7.21. The Morgan fingerprint density at radius 3 is 2.59 bits per heavy atom. The van der Waals surface area contributed by atoms with Crippen molar-refractivity contribution in [2.75, 3.05) is 25.1 Å². The fraction of sp³-hybridized carbons (Fsp3) is 0.296. The first-order chi connectivity index (χ1) is 16.5. The van der Waals surface area contributed by atoms with Gasteiger partial charge in [-0.05, 0) is 55.7 Å². The Morgan fingerprint density at radius 1 is 1.12 bits per heavy atom. The summed E-state index contributed by atoms with van der Waals surface area (Å²) in [6, 6.07) is 19.7. The van der Waals surface area contributed by atoms with Crippen LogP contribution in [0.4, 0.5) is 10.1 Å². The van der Waals surface area contributed by atoms with Crippen molar-refractivity contribution < 1.29 is 13.9 Å². The molecule has 0 bridgehead atoms. The average Bonchev–Trinajstić information content (AvgIpc) is 3.57. The second-order valence-electron chi connectivity index (χ2n) is 8.56. The first kappa shape index (κ1) is 22.5. The molecule has 0 amide bonds. The van der Waals surface area contributed by atoms with Crippen LogP contribution in [0.5, 0.6) is 0 Å². The highest BCUT2D eigenvalue weighted by Gasteiger charge is 2.47. The van der Waals surface area contributed by atoms with Gasteiger partial charge in [0.15, 0.2) is 0 Å². The van der Waals surface area contributed by atoms with Crippen LogP contribution in [0, 0.1) is 5.82 Å². The fourth-order valence-electron chi connectivity index (χ4n) is 4.45. The number of esters is 1. The number of nitrogens with zero attached hydrogens (tertiary/aromatic N) is 3. The Bertz CT molecular complexity index is 1330. The Morgan fingerprint density at radius 2 is 1.91 bits per heavy atom. The number of ether oxygens (including phenoxy) is 1. The van der Waals surface area contributed by atoms with Gasteiger partial charge in [-0.3, -0.25) is 4.79 Å². The molecule has 174 valence electrons. The maximum Gasteiger partial charge on any atom is 0.307 e. The van der Waals surface area contributed by atoms with Gasteiger partial charge in [-0.25, -0.2) is 14.4 Å². The molecule has 1 aliphatic rings. The van der Waals surface area contributed by atoms with Crippen LogP contribution in [-0.4, -0.2) is 36.1 Å². The van der Waals surface area contributed by atoms with Gasteiger partial charge >= 0.3 is 5.97 Å². The highest BCUT2D eigenvalue weighted by Crippen LogP contribution is 2.53. The normalized spacial score (nSPS) is 14.2. The first-order valence-corrected chi connectivity index (χ1v) is 12.3. The number of carbonyl (C=O) groups excluding carboxylic acids is 1. The summed E-state index contributed by atoms with van der Waals surface area (Å²) in [5, 5.41) is 0.617. The number of benzene rings is 2. The maximum atomic E-state index is 15.2. The second kappa shape index (κ2) is 9.14. The van der Waals surface area contributed by atoms with Crippen LogP contribution in [0.2, 0.25) is 0 Å². The fourth-order valence-corrected chi connectivity index (χ4v) is 5.41. The summed E-state index contributed by atoms with van der Waals surface area (Å²) in [5.74, 6) is -0.617. The van der Waals surface area contributed by atoms with Crippen molar-refractivity contribution >= 4 is 33.3 Å². The number of methoxy groups -OCH3 is 1. The Labute approximate surface area is 202 Å². The third-order valence-electron chi connectivity index (χ3n) is 6.57. The molecule has 7 heteroatoms. The van der Waals surface area contributed by atoms with Crippen molar-refractivity contribution in [3.63, 3.8) is 0 Å². The third-order valence-corrected chi connectivity index (χ3v) is 7.56. The molecule has 0 aliphatic heterocycles. The summed E-state index contributed by atoms with van der Waals surface area (Å²) >= 11 is 1.42. The van der Waals surface area contributed by atoms with E-state index in [1.807, 2.05) is 30.0 Å². The predicted molar refractivity (Wildman–Crippen MR) is 134 cm³/mol. The van der Waals surface area contributed by atoms with Crippen molar-refractivity contribution in [2.24, 2.45) is 0 Å². The second-order valence-corrected chi connectivity index (χ2v) is 9.54. The topological polar surface area (TPSA) is 55.3 Å². The van der Waals surface area contributed by atoms with Crippen molar-refractivity contribution in [2.45, 2.75) is 31.6 Å². The minimum atomic E-state index is -0.337. The molecule has 5 rings (SSSR count). The molecular weight excluding hydrogens is 449 g/mol. The van der Waals surface area contributed by atoms with Crippen LogP contribution >= 0.6 is 11.3 Å². The van der Waals surface area contributed by atoms with E-state index in [1.165, 1.54) is 30.1 Å². The lowest BCUT2D eigenvalue weighted by Crippen LogP contribution is -2.26. The highest BCUT2D eigenvalue weighted by atomic mass is 32.1. The largest absolute Gasteiger partial charge is 0.469 e. The van der Waals surface area contributed by atoms with Crippen LogP contribution in [0.1, 0.15) is 37.4 Å². The van der Waals surface area contributed by atoms with E-state index in [2.05, 4.69) is 35.3 Å². The number of aromatic nitrogens is 2. The summed E-state index contributed by atoms with van der Waals surface area (Å²) < 4.78 is 19.9. The maximum absolute atomic E-state index is 15.2. The standard InChI is InChI=1S/C27H26FN3O2S/c1-3-31(16-13-24(32)33-2)19-9-10-20(21(28)17-19)25-29-22-11-12-23(30-26(22)34-25)27(14-15-27)18-7-5-4-6-8-18/h4-12,17H,3,13-16H2,1-2H3. The number of thiazole rings is 1. The molecule has 34 heavy (non-hydrogen) atoms. The lowest BCUT2D eigenvalue weighted by atomic mass is 9.92. The molecule has 2 aromatic heterocycles. The molecule has 0 unspecified atom stereocenters. The molecular formula is C27H26FN3O2S. The van der Waals surface area contributed by atoms with Gasteiger partial charge in [-0.15, -0.1) is 0 Å². The molecule has 0 atom stereocenters. The van der Waals surface area contributed by atoms with Gasteiger partial charge in [-0.1, -0.05) is 41.7 Å². The number of rotatable bonds is 8. The molecule has 1 aliphatic carbocycles. The van der Waals surface area contributed by atoms with Crippen LogP contribution in [0.25, 0.3) is 20.9 Å². The molecule has 1 fully saturated rings. The number of fused-ring (bicyclic) bond motifs is 1. The molecule has 0 saturated heterocycles. The number of halogens is 1. The Balaban J connectivity index is 1.42. The molecule has 0 spiro atoms. The molecule has 4 aromatic rings. The average molecular weight is 476 g/mol. The smallest absolute Gasteiger partial charge is 0.307 e. The molecule has 1 saturated carbocycles. The minimum absolute atomic E-state index is 0.0136. The summed E-state index contributed by atoms with van der Waals surface area (Å²) in [7, 11) is 1.37. The van der Waals surface area contributed by atoms with Gasteiger partial charge in [0.25, 0.3) is 0 Å². The zero-order valence-corrected chi connectivity index (χ0v) is 20.1. The van der Waals surface area contributed by atoms with E-state index in [1.54, 1.807) is 6.07 Å². The lowest BCUT2D eigenvalue weighted by molar-refractivity contribution is -0.140. The van der Waals surface area contributed by atoms with E-state index in [0.717, 1.165) is 34.6 Å². The summed E-state index contributed by atoms with van der Waals surface area (Å²) in [5.41, 5.74) is 4.31. The van der Waals surface area contributed by atoms with Crippen molar-refractivity contribution in [3.8, 4) is 10.6 Å². The van der Waals surface area contributed by atoms with E-state index in [9.17, 15) is 4.79 Å². The van der Waals surface area contributed by atoms with Gasteiger partial charge < -0.3 is 9.64 Å². The molecule has 0 N–H and O–H groups in total. The van der Waals surface area contributed by atoms with Crippen LogP contribution in [0.3, 0.4) is 0 Å². The first-order valence-electron chi connectivity index (χ1n) is 11.5. The van der Waals surface area contributed by atoms with Gasteiger partial charge in [0.1, 0.15) is 21.2 Å². The van der Waals surface area contributed by atoms with Crippen molar-refractivity contribution in [1.82, 2.24) is 9.97 Å². The number of anilines is 1. The van der Waals surface area contributed by atoms with Gasteiger partial charge in [0, 0.05) is 29.8 Å². The van der Waals surface area contributed by atoms with E-state index >= 15 is 4.39 Å². The van der Waals surface area contributed by atoms with Gasteiger partial charge in [-0.2, -0.15) is 0 Å². The predicted octanol–water partition coefficient (Wildman–Crippen LogP) is 5.97. The SMILES string of the molecule is CCN(CCC(=O)OC)c1ccc(-c2nc3ccc(C4(c5ccccc5)CC4)nc3s2)c(F)c1. The summed E-state index contributed by atoms with van der Waals surface area (Å²) in [4.78, 5) is 23.9. The molecule has 2 heterocycles. The van der Waals surface area contributed by atoms with Crippen LogP contribution in [0.15, 0.2) is 60.7 Å². The number of pyridine rings is 1. The molecule has 0 radical (unpaired) electrons. The zero-order chi connectivity index (χ0) is 23.7. The lowest BCUT2D eigenvalue weighted by Gasteiger charge is -2.23. The van der Waals surface area contributed by atoms with E-state index < -0.39 is 0 Å². The number of hydrogen-bond donors (Lipinski definition) is 0. The number of hydrogen-bond acceptors (Lipinski definition) is 6. The number of carbonyl (C=O) groups is 1. The van der Waals surface area contributed by atoms with E-state index in [4.69, 9.17) is 9.72 Å². The third kappa shape index (κ3) is 4.16. The van der Waals surface area contributed by atoms with E-state index in [0.29, 0.717) is 23.7 Å². The van der Waals surface area contributed by atoms with Crippen LogP contribution in [-0.2, 0) is 14.9 Å². The van der Waals surface area contributed by atoms with Crippen molar-refractivity contribution in [3.05, 3.63) is 77.7 Å². The zero-order valence-electron chi connectivity index (χ0n) is 19.3. The van der Waals surface area contributed by atoms with Crippen molar-refractivity contribution in [1.29, 1.82) is 0 Å². The van der Waals surface area contributed by atoms with Gasteiger partial charge in [0.2, 0.25) is 0 Å². The Kier molecular flexibility index (Phi) is 6.04. The quantitative estimate of drug-likeness (QED) is 0.294. The monoisotopic (exact) mass is 475 g/mol. The van der Waals surface area contributed by atoms with Gasteiger partial charge in [0.05, 0.1) is 19.2 Å². The summed E-state index contributed by atoms with van der Waals surface area (Å²) in [6.07, 6.45) is 2.42.